The highest BCUT2D eigenvalue weighted by Gasteiger charge is 2.24. The van der Waals surface area contributed by atoms with Gasteiger partial charge in [-0.15, -0.1) is 0 Å². The largest absolute Gasteiger partial charge is 0.454 e. The second-order valence-corrected chi connectivity index (χ2v) is 3.98. The van der Waals surface area contributed by atoms with Crippen LogP contribution in [0.3, 0.4) is 0 Å². The molecule has 1 aromatic rings. The van der Waals surface area contributed by atoms with Crippen LogP contribution in [0.15, 0.2) is 12.1 Å². The van der Waals surface area contributed by atoms with Gasteiger partial charge in [-0.05, 0) is 6.92 Å². The maximum absolute atomic E-state index is 11.0. The van der Waals surface area contributed by atoms with Gasteiger partial charge in [0.15, 0.2) is 11.5 Å². The first-order valence-corrected chi connectivity index (χ1v) is 5.45. The molecule has 0 aliphatic carbocycles. The van der Waals surface area contributed by atoms with E-state index in [1.54, 1.807) is 13.2 Å². The van der Waals surface area contributed by atoms with Crippen LogP contribution in [-0.2, 0) is 4.74 Å². The number of benzene rings is 1. The minimum atomic E-state index is -0.455. The summed E-state index contributed by atoms with van der Waals surface area (Å²) in [6, 6.07) is 2.89. The summed E-state index contributed by atoms with van der Waals surface area (Å²) >= 11 is 0. The lowest BCUT2D eigenvalue weighted by Gasteiger charge is -2.14. The first-order valence-electron chi connectivity index (χ1n) is 5.45. The van der Waals surface area contributed by atoms with Gasteiger partial charge < -0.3 is 19.5 Å². The molecular weight excluding hydrogens is 240 g/mol. The third kappa shape index (κ3) is 2.45. The van der Waals surface area contributed by atoms with Gasteiger partial charge >= 0.3 is 0 Å². The molecule has 1 aromatic carbocycles. The van der Waals surface area contributed by atoms with E-state index >= 15 is 0 Å². The Kier molecular flexibility index (Phi) is 3.52. The molecule has 0 spiro atoms. The van der Waals surface area contributed by atoms with Gasteiger partial charge in [-0.3, -0.25) is 10.1 Å². The van der Waals surface area contributed by atoms with Crippen molar-refractivity contribution < 1.29 is 19.1 Å². The fourth-order valence-corrected chi connectivity index (χ4v) is 1.76. The summed E-state index contributed by atoms with van der Waals surface area (Å²) in [7, 11) is 1.58. The van der Waals surface area contributed by atoms with Crippen molar-refractivity contribution in [2.24, 2.45) is 0 Å². The molecule has 7 nitrogen and oxygen atoms in total. The summed E-state index contributed by atoms with van der Waals surface area (Å²) in [5.74, 6) is 0.902. The minimum Gasteiger partial charge on any atom is -0.454 e. The van der Waals surface area contributed by atoms with E-state index in [1.807, 2.05) is 6.92 Å². The van der Waals surface area contributed by atoms with E-state index in [2.05, 4.69) is 5.32 Å². The van der Waals surface area contributed by atoms with Gasteiger partial charge in [0, 0.05) is 19.2 Å². The summed E-state index contributed by atoms with van der Waals surface area (Å²) in [5, 5.41) is 14.0. The van der Waals surface area contributed by atoms with Gasteiger partial charge in [0.1, 0.15) is 5.69 Å². The minimum absolute atomic E-state index is 0.0396. The molecule has 0 radical (unpaired) electrons. The average Bonchev–Trinajstić information content (AvgIpc) is 2.74. The Balaban J connectivity index is 2.29. The average molecular weight is 254 g/mol. The zero-order chi connectivity index (χ0) is 13.1. The maximum Gasteiger partial charge on any atom is 0.296 e. The Morgan fingerprint density at radius 1 is 1.50 bits per heavy atom. The lowest BCUT2D eigenvalue weighted by atomic mass is 10.2. The van der Waals surface area contributed by atoms with Crippen molar-refractivity contribution >= 4 is 11.4 Å². The van der Waals surface area contributed by atoms with Crippen molar-refractivity contribution in [2.75, 3.05) is 25.8 Å². The highest BCUT2D eigenvalue weighted by Crippen LogP contribution is 2.40. The smallest absolute Gasteiger partial charge is 0.296 e. The van der Waals surface area contributed by atoms with Crippen LogP contribution in [0.5, 0.6) is 11.5 Å². The second kappa shape index (κ2) is 5.09. The zero-order valence-electron chi connectivity index (χ0n) is 10.1. The van der Waals surface area contributed by atoms with Crippen LogP contribution in [0.1, 0.15) is 6.92 Å². The van der Waals surface area contributed by atoms with Gasteiger partial charge in [0.2, 0.25) is 6.79 Å². The third-order valence-electron chi connectivity index (χ3n) is 2.51. The van der Waals surface area contributed by atoms with Crippen LogP contribution in [0.2, 0.25) is 0 Å². The van der Waals surface area contributed by atoms with E-state index in [-0.39, 0.29) is 18.5 Å². The first-order chi connectivity index (χ1) is 8.61. The van der Waals surface area contributed by atoms with Gasteiger partial charge in [-0.25, -0.2) is 0 Å². The van der Waals surface area contributed by atoms with Gasteiger partial charge in [0.25, 0.3) is 5.69 Å². The summed E-state index contributed by atoms with van der Waals surface area (Å²) in [6.45, 7) is 2.41. The number of nitro groups is 1. The molecule has 1 unspecified atom stereocenters. The van der Waals surface area contributed by atoms with Crippen LogP contribution < -0.4 is 14.8 Å². The van der Waals surface area contributed by atoms with Crippen molar-refractivity contribution in [2.45, 2.75) is 13.0 Å². The fourth-order valence-electron chi connectivity index (χ4n) is 1.76. The molecule has 0 saturated heterocycles. The molecular formula is C11H14N2O5. The fraction of sp³-hybridized carbons (Fsp3) is 0.455. The molecule has 1 heterocycles. The quantitative estimate of drug-likeness (QED) is 0.637. The topological polar surface area (TPSA) is 82.9 Å². The van der Waals surface area contributed by atoms with E-state index in [9.17, 15) is 10.1 Å². The molecule has 7 heteroatoms. The lowest BCUT2D eigenvalue weighted by molar-refractivity contribution is -0.384. The standard InChI is InChI=1S/C11H14N2O5/c1-7(5-16-2)12-8-3-10-11(18-6-17-10)4-9(8)13(14)15/h3-4,7,12H,5-6H2,1-2H3. The summed E-state index contributed by atoms with van der Waals surface area (Å²) in [4.78, 5) is 10.5. The first kappa shape index (κ1) is 12.4. The van der Waals surface area contributed by atoms with E-state index in [0.29, 0.717) is 23.8 Å². The van der Waals surface area contributed by atoms with Crippen molar-refractivity contribution in [3.8, 4) is 11.5 Å². The summed E-state index contributed by atoms with van der Waals surface area (Å²) < 4.78 is 15.3. The van der Waals surface area contributed by atoms with Gasteiger partial charge in [-0.2, -0.15) is 0 Å². The lowest BCUT2D eigenvalue weighted by Crippen LogP contribution is -2.21. The number of fused-ring (bicyclic) bond motifs is 1. The predicted octanol–water partition coefficient (Wildman–Crippen LogP) is 1.77. The van der Waals surface area contributed by atoms with Crippen LogP contribution in [0.4, 0.5) is 11.4 Å². The van der Waals surface area contributed by atoms with E-state index in [0.717, 1.165) is 0 Å². The molecule has 1 atom stereocenters. The number of hydrogen-bond donors (Lipinski definition) is 1. The number of ether oxygens (including phenoxy) is 3. The van der Waals surface area contributed by atoms with E-state index in [1.165, 1.54) is 6.07 Å². The highest BCUT2D eigenvalue weighted by molar-refractivity contribution is 5.69. The number of rotatable bonds is 5. The number of nitrogens with one attached hydrogen (secondary N) is 1. The Bertz CT molecular complexity index is 463. The van der Waals surface area contributed by atoms with Crippen molar-refractivity contribution in [1.29, 1.82) is 0 Å². The molecule has 18 heavy (non-hydrogen) atoms. The van der Waals surface area contributed by atoms with Crippen LogP contribution in [0.25, 0.3) is 0 Å². The zero-order valence-corrected chi connectivity index (χ0v) is 10.1. The summed E-state index contributed by atoms with van der Waals surface area (Å²) in [6.07, 6.45) is 0. The highest BCUT2D eigenvalue weighted by atomic mass is 16.7. The normalized spacial score (nSPS) is 14.3. The SMILES string of the molecule is COCC(C)Nc1cc2c(cc1[N+](=O)[O-])OCO2. The van der Waals surface area contributed by atoms with Crippen molar-refractivity contribution in [3.05, 3.63) is 22.2 Å². The van der Waals surface area contributed by atoms with Crippen molar-refractivity contribution in [1.82, 2.24) is 0 Å². The van der Waals surface area contributed by atoms with E-state index in [4.69, 9.17) is 14.2 Å². The molecule has 98 valence electrons. The molecule has 0 fully saturated rings. The van der Waals surface area contributed by atoms with Gasteiger partial charge in [0.05, 0.1) is 17.6 Å². The van der Waals surface area contributed by atoms with Crippen LogP contribution >= 0.6 is 0 Å². The van der Waals surface area contributed by atoms with Crippen molar-refractivity contribution in [3.63, 3.8) is 0 Å². The second-order valence-electron chi connectivity index (χ2n) is 3.98. The molecule has 0 bridgehead atoms. The summed E-state index contributed by atoms with van der Waals surface area (Å²) in [5.41, 5.74) is 0.357. The predicted molar refractivity (Wildman–Crippen MR) is 64.2 cm³/mol. The molecule has 0 aromatic heterocycles. The third-order valence-corrected chi connectivity index (χ3v) is 2.51. The monoisotopic (exact) mass is 254 g/mol. The number of nitrogens with zero attached hydrogens (tertiary/aromatic N) is 1. The molecule has 1 aliphatic heterocycles. The maximum atomic E-state index is 11.0. The number of hydrogen-bond acceptors (Lipinski definition) is 6. The Morgan fingerprint density at radius 2 is 2.17 bits per heavy atom. The Morgan fingerprint density at radius 3 is 2.78 bits per heavy atom. The van der Waals surface area contributed by atoms with Gasteiger partial charge in [-0.1, -0.05) is 0 Å². The van der Waals surface area contributed by atoms with Crippen LogP contribution in [-0.4, -0.2) is 31.5 Å². The molecule has 1 N–H and O–H groups in total. The molecule has 1 aliphatic rings. The number of nitro benzene ring substituents is 1. The Hall–Kier alpha value is -2.02. The van der Waals surface area contributed by atoms with Crippen LogP contribution in [0, 0.1) is 10.1 Å². The molecule has 0 amide bonds. The Labute approximate surface area is 104 Å². The molecule has 0 saturated carbocycles. The molecule has 2 rings (SSSR count). The van der Waals surface area contributed by atoms with E-state index < -0.39 is 4.92 Å². The number of methoxy groups -OCH3 is 1. The number of anilines is 1.